The smallest absolute Gasteiger partial charge is 0.321 e. The fourth-order valence-electron chi connectivity index (χ4n) is 3.50. The summed E-state index contributed by atoms with van der Waals surface area (Å²) in [4.78, 5) is 14.5. The van der Waals surface area contributed by atoms with Crippen LogP contribution >= 0.6 is 0 Å². The zero-order chi connectivity index (χ0) is 20.4. The first-order valence-electron chi connectivity index (χ1n) is 9.71. The van der Waals surface area contributed by atoms with Gasteiger partial charge in [0.25, 0.3) is 0 Å². The van der Waals surface area contributed by atoms with Crippen LogP contribution in [0.5, 0.6) is 0 Å². The number of nitrogens with one attached hydrogen (secondary N) is 1. The Hall–Kier alpha value is -3.13. The highest BCUT2D eigenvalue weighted by molar-refractivity contribution is 5.90. The predicted molar refractivity (Wildman–Crippen MR) is 108 cm³/mol. The van der Waals surface area contributed by atoms with Crippen LogP contribution in [0.2, 0.25) is 0 Å². The van der Waals surface area contributed by atoms with Gasteiger partial charge in [0.1, 0.15) is 5.76 Å². The summed E-state index contributed by atoms with van der Waals surface area (Å²) in [5.41, 5.74) is 4.58. The van der Waals surface area contributed by atoms with E-state index in [-0.39, 0.29) is 12.1 Å². The SMILES string of the molecule is Cc1cc(-n2cccn2)ccc1NC(=O)N1CC[C@H](OCc2c(C)noc2C)C1. The van der Waals surface area contributed by atoms with E-state index in [4.69, 9.17) is 9.26 Å². The molecule has 0 radical (unpaired) electrons. The maximum atomic E-state index is 12.7. The standard InChI is InChI=1S/C21H25N5O3/c1-14-11-17(26-9-4-8-22-26)5-6-20(14)23-21(27)25-10-7-18(12-25)28-13-19-15(2)24-29-16(19)3/h4-6,8-9,11,18H,7,10,12-13H2,1-3H3,(H,23,27)/t18-/m0/s1. The third-order valence-electron chi connectivity index (χ3n) is 5.30. The molecule has 4 rings (SSSR count). The topological polar surface area (TPSA) is 85.4 Å². The lowest BCUT2D eigenvalue weighted by Gasteiger charge is -2.19. The third-order valence-corrected chi connectivity index (χ3v) is 5.30. The van der Waals surface area contributed by atoms with Gasteiger partial charge in [-0.1, -0.05) is 5.16 Å². The molecule has 0 saturated carbocycles. The van der Waals surface area contributed by atoms with Gasteiger partial charge in [0.05, 0.1) is 24.1 Å². The summed E-state index contributed by atoms with van der Waals surface area (Å²) in [5.74, 6) is 0.782. The van der Waals surface area contributed by atoms with E-state index < -0.39 is 0 Å². The van der Waals surface area contributed by atoms with Crippen molar-refractivity contribution in [1.29, 1.82) is 0 Å². The van der Waals surface area contributed by atoms with E-state index in [1.807, 2.05) is 51.2 Å². The van der Waals surface area contributed by atoms with Gasteiger partial charge in [-0.05, 0) is 57.0 Å². The molecule has 1 aliphatic rings. The molecule has 0 bridgehead atoms. The number of aryl methyl sites for hydroxylation is 3. The number of carbonyl (C=O) groups is 1. The largest absolute Gasteiger partial charge is 0.371 e. The Morgan fingerprint density at radius 3 is 2.90 bits per heavy atom. The molecule has 1 atom stereocenters. The molecule has 3 aromatic rings. The molecular weight excluding hydrogens is 370 g/mol. The number of urea groups is 1. The molecule has 0 aliphatic carbocycles. The molecular formula is C21H25N5O3. The molecule has 2 amide bonds. The second kappa shape index (κ2) is 8.08. The zero-order valence-corrected chi connectivity index (χ0v) is 16.9. The highest BCUT2D eigenvalue weighted by atomic mass is 16.5. The number of anilines is 1. The Morgan fingerprint density at radius 1 is 1.34 bits per heavy atom. The van der Waals surface area contributed by atoms with Crippen molar-refractivity contribution in [3.8, 4) is 5.69 Å². The minimum Gasteiger partial charge on any atom is -0.371 e. The van der Waals surface area contributed by atoms with Crippen LogP contribution in [0, 0.1) is 20.8 Å². The highest BCUT2D eigenvalue weighted by Gasteiger charge is 2.27. The first kappa shape index (κ1) is 19.2. The Labute approximate surface area is 169 Å². The number of benzene rings is 1. The summed E-state index contributed by atoms with van der Waals surface area (Å²) in [6.07, 6.45) is 4.45. The van der Waals surface area contributed by atoms with Crippen molar-refractivity contribution in [1.82, 2.24) is 19.8 Å². The maximum Gasteiger partial charge on any atom is 0.321 e. The average molecular weight is 395 g/mol. The summed E-state index contributed by atoms with van der Waals surface area (Å²) in [7, 11) is 0. The fourth-order valence-corrected chi connectivity index (χ4v) is 3.50. The summed E-state index contributed by atoms with van der Waals surface area (Å²) < 4.78 is 13.0. The summed E-state index contributed by atoms with van der Waals surface area (Å²) >= 11 is 0. The van der Waals surface area contributed by atoms with Crippen molar-refractivity contribution in [3.63, 3.8) is 0 Å². The van der Waals surface area contributed by atoms with E-state index in [1.165, 1.54) is 0 Å². The van der Waals surface area contributed by atoms with Gasteiger partial charge >= 0.3 is 6.03 Å². The van der Waals surface area contributed by atoms with E-state index in [0.717, 1.165) is 40.4 Å². The lowest BCUT2D eigenvalue weighted by molar-refractivity contribution is 0.0482. The molecule has 1 saturated heterocycles. The number of carbonyl (C=O) groups excluding carboxylic acids is 1. The summed E-state index contributed by atoms with van der Waals surface area (Å²) in [5, 5.41) is 11.2. The van der Waals surface area contributed by atoms with Crippen LogP contribution in [-0.4, -0.2) is 45.1 Å². The van der Waals surface area contributed by atoms with Crippen molar-refractivity contribution >= 4 is 11.7 Å². The van der Waals surface area contributed by atoms with E-state index in [9.17, 15) is 4.79 Å². The minimum absolute atomic E-state index is 0.0118. The number of hydrogen-bond acceptors (Lipinski definition) is 5. The van der Waals surface area contributed by atoms with Crippen LogP contribution in [0.4, 0.5) is 10.5 Å². The van der Waals surface area contributed by atoms with Crippen LogP contribution in [0.1, 0.15) is 29.0 Å². The van der Waals surface area contributed by atoms with Gasteiger partial charge in [-0.15, -0.1) is 0 Å². The molecule has 8 heteroatoms. The van der Waals surface area contributed by atoms with Gasteiger partial charge < -0.3 is 19.5 Å². The van der Waals surface area contributed by atoms with Crippen LogP contribution in [0.3, 0.4) is 0 Å². The van der Waals surface area contributed by atoms with Gasteiger partial charge in [0.15, 0.2) is 0 Å². The number of amides is 2. The van der Waals surface area contributed by atoms with Crippen LogP contribution < -0.4 is 5.32 Å². The first-order chi connectivity index (χ1) is 14.0. The molecule has 3 heterocycles. The van der Waals surface area contributed by atoms with E-state index >= 15 is 0 Å². The quantitative estimate of drug-likeness (QED) is 0.713. The molecule has 8 nitrogen and oxygen atoms in total. The molecule has 0 unspecified atom stereocenters. The van der Waals surface area contributed by atoms with Gasteiger partial charge in [0, 0.05) is 36.7 Å². The second-order valence-electron chi connectivity index (χ2n) is 7.35. The molecule has 1 aromatic carbocycles. The number of aromatic nitrogens is 3. The van der Waals surface area contributed by atoms with Crippen molar-refractivity contribution in [2.45, 2.75) is 39.9 Å². The van der Waals surface area contributed by atoms with Crippen LogP contribution in [0.25, 0.3) is 5.69 Å². The number of hydrogen-bond donors (Lipinski definition) is 1. The first-order valence-corrected chi connectivity index (χ1v) is 9.71. The molecule has 1 aliphatic heterocycles. The molecule has 0 spiro atoms. The normalized spacial score (nSPS) is 16.4. The van der Waals surface area contributed by atoms with Crippen molar-refractivity contribution in [2.75, 3.05) is 18.4 Å². The Balaban J connectivity index is 1.32. The van der Waals surface area contributed by atoms with E-state index in [2.05, 4.69) is 15.6 Å². The number of likely N-dealkylation sites (tertiary alicyclic amines) is 1. The molecule has 1 N–H and O–H groups in total. The van der Waals surface area contributed by atoms with Gasteiger partial charge in [-0.2, -0.15) is 5.10 Å². The third kappa shape index (κ3) is 4.17. The monoisotopic (exact) mass is 395 g/mol. The average Bonchev–Trinajstić information content (AvgIpc) is 3.44. The molecule has 29 heavy (non-hydrogen) atoms. The lowest BCUT2D eigenvalue weighted by atomic mass is 10.2. The predicted octanol–water partition coefficient (Wildman–Crippen LogP) is 3.61. The Bertz CT molecular complexity index is 976. The van der Waals surface area contributed by atoms with Crippen molar-refractivity contribution in [3.05, 3.63) is 59.2 Å². The highest BCUT2D eigenvalue weighted by Crippen LogP contribution is 2.22. The second-order valence-corrected chi connectivity index (χ2v) is 7.35. The van der Waals surface area contributed by atoms with Gasteiger partial charge in [-0.3, -0.25) is 0 Å². The molecule has 1 fully saturated rings. The summed E-state index contributed by atoms with van der Waals surface area (Å²) in [6, 6.07) is 7.62. The molecule has 152 valence electrons. The summed E-state index contributed by atoms with van der Waals surface area (Å²) in [6.45, 7) is 7.45. The Kier molecular flexibility index (Phi) is 5.35. The van der Waals surface area contributed by atoms with Crippen LogP contribution in [0.15, 0.2) is 41.2 Å². The maximum absolute atomic E-state index is 12.7. The zero-order valence-electron chi connectivity index (χ0n) is 16.9. The van der Waals surface area contributed by atoms with Crippen molar-refractivity contribution in [2.24, 2.45) is 0 Å². The van der Waals surface area contributed by atoms with Gasteiger partial charge in [0.2, 0.25) is 0 Å². The van der Waals surface area contributed by atoms with Gasteiger partial charge in [-0.25, -0.2) is 9.48 Å². The molecule has 2 aromatic heterocycles. The Morgan fingerprint density at radius 2 is 2.21 bits per heavy atom. The van der Waals surface area contributed by atoms with E-state index in [1.54, 1.807) is 15.8 Å². The van der Waals surface area contributed by atoms with Crippen LogP contribution in [-0.2, 0) is 11.3 Å². The number of ether oxygens (including phenoxy) is 1. The lowest BCUT2D eigenvalue weighted by Crippen LogP contribution is -2.34. The minimum atomic E-state index is -0.108. The van der Waals surface area contributed by atoms with Crippen molar-refractivity contribution < 1.29 is 14.1 Å². The fraction of sp³-hybridized carbons (Fsp3) is 0.381. The van der Waals surface area contributed by atoms with E-state index in [0.29, 0.717) is 19.7 Å². The number of rotatable bonds is 5. The number of nitrogens with zero attached hydrogens (tertiary/aromatic N) is 4.